The molecule has 1 heterocycles. The lowest BCUT2D eigenvalue weighted by atomic mass is 10.2. The van der Waals surface area contributed by atoms with Crippen LogP contribution in [0.4, 0.5) is 8.78 Å². The first kappa shape index (κ1) is 12.6. The predicted octanol–water partition coefficient (Wildman–Crippen LogP) is 2.04. The van der Waals surface area contributed by atoms with Gasteiger partial charge in [-0.2, -0.15) is 4.98 Å². The summed E-state index contributed by atoms with van der Waals surface area (Å²) in [5, 5.41) is 5.73. The van der Waals surface area contributed by atoms with Crippen LogP contribution in [0.2, 0.25) is 0 Å². The van der Waals surface area contributed by atoms with Crippen molar-refractivity contribution in [2.75, 3.05) is 0 Å². The van der Waals surface area contributed by atoms with Crippen LogP contribution in [0.1, 0.15) is 16.2 Å². The summed E-state index contributed by atoms with van der Waals surface area (Å²) in [5.41, 5.74) is -0.651. The van der Waals surface area contributed by atoms with Gasteiger partial charge >= 0.3 is 0 Å². The number of amides is 1. The molecule has 0 saturated heterocycles. The van der Waals surface area contributed by atoms with Gasteiger partial charge in [0, 0.05) is 4.47 Å². The number of nitrogens with one attached hydrogen (secondary N) is 1. The number of halogens is 3. The van der Waals surface area contributed by atoms with Gasteiger partial charge in [-0.3, -0.25) is 4.79 Å². The lowest BCUT2D eigenvalue weighted by Crippen LogP contribution is -2.25. The molecule has 2 aromatic rings. The number of carbonyl (C=O) groups is 1. The third-order valence-electron chi connectivity index (χ3n) is 2.05. The molecule has 94 valence electrons. The average molecular weight is 318 g/mol. The summed E-state index contributed by atoms with van der Waals surface area (Å²) in [6.45, 7) is -0.0791. The number of aromatic nitrogens is 2. The molecule has 0 saturated carbocycles. The highest BCUT2D eigenvalue weighted by atomic mass is 79.9. The molecule has 2 rings (SSSR count). The van der Waals surface area contributed by atoms with Crippen molar-refractivity contribution < 1.29 is 18.1 Å². The Balaban J connectivity index is 2.14. The van der Waals surface area contributed by atoms with Crippen molar-refractivity contribution in [3.05, 3.63) is 46.0 Å². The highest BCUT2D eigenvalue weighted by Crippen LogP contribution is 2.19. The summed E-state index contributed by atoms with van der Waals surface area (Å²) in [6, 6.07) is 2.01. The number of nitrogens with zero attached hydrogens (tertiary/aromatic N) is 2. The van der Waals surface area contributed by atoms with Gasteiger partial charge in [0.2, 0.25) is 6.39 Å². The predicted molar refractivity (Wildman–Crippen MR) is 59.5 cm³/mol. The lowest BCUT2D eigenvalue weighted by molar-refractivity contribution is 0.0941. The van der Waals surface area contributed by atoms with Crippen LogP contribution in [0.25, 0.3) is 0 Å². The fourth-order valence-corrected chi connectivity index (χ4v) is 1.68. The van der Waals surface area contributed by atoms with Gasteiger partial charge in [0.15, 0.2) is 5.82 Å². The van der Waals surface area contributed by atoms with Crippen molar-refractivity contribution in [1.29, 1.82) is 0 Å². The van der Waals surface area contributed by atoms with Crippen LogP contribution in [-0.2, 0) is 6.54 Å². The molecule has 0 aliphatic rings. The fraction of sp³-hybridized carbons (Fsp3) is 0.100. The van der Waals surface area contributed by atoms with E-state index in [0.29, 0.717) is 0 Å². The molecule has 1 N–H and O–H groups in total. The van der Waals surface area contributed by atoms with E-state index in [1.165, 1.54) is 0 Å². The van der Waals surface area contributed by atoms with Crippen molar-refractivity contribution in [1.82, 2.24) is 15.5 Å². The van der Waals surface area contributed by atoms with Gasteiger partial charge in [-0.25, -0.2) is 8.78 Å². The number of rotatable bonds is 3. The first-order chi connectivity index (χ1) is 8.58. The maximum absolute atomic E-state index is 13.4. The number of hydrogen-bond acceptors (Lipinski definition) is 4. The Hall–Kier alpha value is -1.83. The molecule has 0 unspecified atom stereocenters. The van der Waals surface area contributed by atoms with Crippen LogP contribution in [0.5, 0.6) is 0 Å². The highest BCUT2D eigenvalue weighted by molar-refractivity contribution is 9.10. The third-order valence-corrected chi connectivity index (χ3v) is 2.51. The maximum atomic E-state index is 13.4. The van der Waals surface area contributed by atoms with Crippen molar-refractivity contribution in [3.63, 3.8) is 0 Å². The van der Waals surface area contributed by atoms with Gasteiger partial charge in [-0.15, -0.1) is 0 Å². The first-order valence-electron chi connectivity index (χ1n) is 4.76. The SMILES string of the molecule is O=C(NCc1ncon1)c1c(F)cc(Br)cc1F. The molecule has 18 heavy (non-hydrogen) atoms. The Morgan fingerprint density at radius 3 is 2.61 bits per heavy atom. The molecule has 1 aromatic carbocycles. The van der Waals surface area contributed by atoms with E-state index < -0.39 is 23.1 Å². The molecular formula is C10H6BrF2N3O2. The van der Waals surface area contributed by atoms with E-state index in [1.807, 2.05) is 0 Å². The molecule has 1 aromatic heterocycles. The Morgan fingerprint density at radius 1 is 1.39 bits per heavy atom. The lowest BCUT2D eigenvalue weighted by Gasteiger charge is -2.05. The zero-order valence-electron chi connectivity index (χ0n) is 8.78. The van der Waals surface area contributed by atoms with Gasteiger partial charge < -0.3 is 9.84 Å². The van der Waals surface area contributed by atoms with Crippen LogP contribution in [0, 0.1) is 11.6 Å². The summed E-state index contributed by atoms with van der Waals surface area (Å²) >= 11 is 2.92. The van der Waals surface area contributed by atoms with E-state index in [9.17, 15) is 13.6 Å². The number of hydrogen-bond donors (Lipinski definition) is 1. The monoisotopic (exact) mass is 317 g/mol. The van der Waals surface area contributed by atoms with Gasteiger partial charge in [-0.1, -0.05) is 21.1 Å². The zero-order valence-corrected chi connectivity index (χ0v) is 10.4. The standard InChI is InChI=1S/C10H6BrF2N3O2/c11-5-1-6(12)9(7(13)2-5)10(17)14-3-8-15-4-18-16-8/h1-2,4H,3H2,(H,14,17). The largest absolute Gasteiger partial charge is 0.344 e. The third kappa shape index (κ3) is 2.70. The molecule has 0 aliphatic heterocycles. The van der Waals surface area contributed by atoms with Gasteiger partial charge in [0.25, 0.3) is 5.91 Å². The molecular weight excluding hydrogens is 312 g/mol. The normalized spacial score (nSPS) is 10.4. The molecule has 1 amide bonds. The summed E-state index contributed by atoms with van der Waals surface area (Å²) in [5.74, 6) is -2.58. The second-order valence-electron chi connectivity index (χ2n) is 3.27. The van der Waals surface area contributed by atoms with Gasteiger partial charge in [0.1, 0.15) is 17.2 Å². The smallest absolute Gasteiger partial charge is 0.257 e. The number of carbonyl (C=O) groups excluding carboxylic acids is 1. The molecule has 0 radical (unpaired) electrons. The van der Waals surface area contributed by atoms with Crippen molar-refractivity contribution in [3.8, 4) is 0 Å². The molecule has 0 bridgehead atoms. The second kappa shape index (κ2) is 5.21. The maximum Gasteiger partial charge on any atom is 0.257 e. The molecule has 0 spiro atoms. The van der Waals surface area contributed by atoms with Crippen molar-refractivity contribution in [2.24, 2.45) is 0 Å². The highest BCUT2D eigenvalue weighted by Gasteiger charge is 2.18. The summed E-state index contributed by atoms with van der Waals surface area (Å²) in [7, 11) is 0. The Kier molecular flexibility index (Phi) is 3.66. The van der Waals surface area contributed by atoms with E-state index in [2.05, 4.69) is 35.9 Å². The molecule has 0 atom stereocenters. The average Bonchev–Trinajstić information content (AvgIpc) is 2.77. The summed E-state index contributed by atoms with van der Waals surface area (Å²) in [4.78, 5) is 15.3. The van der Waals surface area contributed by atoms with Gasteiger partial charge in [0.05, 0.1) is 6.54 Å². The van der Waals surface area contributed by atoms with Crippen molar-refractivity contribution >= 4 is 21.8 Å². The number of benzene rings is 1. The minimum Gasteiger partial charge on any atom is -0.344 e. The Bertz CT molecular complexity index is 552. The fourth-order valence-electron chi connectivity index (χ4n) is 1.28. The second-order valence-corrected chi connectivity index (χ2v) is 4.19. The van der Waals surface area contributed by atoms with Crippen LogP contribution in [0.15, 0.2) is 27.5 Å². The Morgan fingerprint density at radius 2 is 2.06 bits per heavy atom. The summed E-state index contributed by atoms with van der Waals surface area (Å²) in [6.07, 6.45) is 1.09. The minimum absolute atomic E-state index is 0.0791. The Labute approximate surface area is 108 Å². The molecule has 8 heteroatoms. The van der Waals surface area contributed by atoms with E-state index in [4.69, 9.17) is 0 Å². The van der Waals surface area contributed by atoms with Crippen LogP contribution in [-0.4, -0.2) is 16.0 Å². The quantitative estimate of drug-likeness (QED) is 0.940. The minimum atomic E-state index is -0.951. The van der Waals surface area contributed by atoms with Crippen LogP contribution >= 0.6 is 15.9 Å². The van der Waals surface area contributed by atoms with Gasteiger partial charge in [-0.05, 0) is 12.1 Å². The summed E-state index contributed by atoms with van der Waals surface area (Å²) < 4.78 is 31.6. The van der Waals surface area contributed by atoms with E-state index in [0.717, 1.165) is 18.5 Å². The molecule has 0 aliphatic carbocycles. The van der Waals surface area contributed by atoms with E-state index >= 15 is 0 Å². The molecule has 0 fully saturated rings. The van der Waals surface area contributed by atoms with Crippen molar-refractivity contribution in [2.45, 2.75) is 6.54 Å². The first-order valence-corrected chi connectivity index (χ1v) is 5.55. The topological polar surface area (TPSA) is 68.0 Å². The van der Waals surface area contributed by atoms with Crippen LogP contribution in [0.3, 0.4) is 0 Å². The van der Waals surface area contributed by atoms with E-state index in [-0.39, 0.29) is 16.8 Å². The zero-order chi connectivity index (χ0) is 13.1. The van der Waals surface area contributed by atoms with Crippen LogP contribution < -0.4 is 5.32 Å². The van der Waals surface area contributed by atoms with E-state index in [1.54, 1.807) is 0 Å². The molecule has 5 nitrogen and oxygen atoms in total.